The highest BCUT2D eigenvalue weighted by Gasteiger charge is 2.09. The summed E-state index contributed by atoms with van der Waals surface area (Å²) in [5, 5.41) is 1.46. The first-order valence-corrected chi connectivity index (χ1v) is 6.68. The lowest BCUT2D eigenvalue weighted by atomic mass is 10.0. The van der Waals surface area contributed by atoms with Crippen LogP contribution in [0.5, 0.6) is 0 Å². The molecule has 0 aromatic heterocycles. The van der Waals surface area contributed by atoms with Gasteiger partial charge in [-0.1, -0.05) is 49.6 Å². The number of aryl methyl sites for hydroxylation is 1. The van der Waals surface area contributed by atoms with E-state index in [0.717, 1.165) is 27.4 Å². The lowest BCUT2D eigenvalue weighted by Crippen LogP contribution is -2.03. The predicted molar refractivity (Wildman–Crippen MR) is 66.6 cm³/mol. The topological polar surface area (TPSA) is 17.1 Å². The van der Waals surface area contributed by atoms with Gasteiger partial charge >= 0.3 is 0 Å². The molecule has 0 aliphatic rings. The van der Waals surface area contributed by atoms with Gasteiger partial charge in [-0.15, -0.1) is 0 Å². The number of ketones is 1. The van der Waals surface area contributed by atoms with Gasteiger partial charge < -0.3 is 0 Å². The maximum absolute atomic E-state index is 11.7. The van der Waals surface area contributed by atoms with E-state index in [-0.39, 0.29) is 5.78 Å². The van der Waals surface area contributed by atoms with Gasteiger partial charge in [0.25, 0.3) is 0 Å². The third-order valence-corrected chi connectivity index (χ3v) is 3.03. The maximum Gasteiger partial charge on any atom is 0.164 e. The van der Waals surface area contributed by atoms with Crippen molar-refractivity contribution < 1.29 is 4.79 Å². The number of halogens is 2. The average molecular weight is 320 g/mol. The van der Waals surface area contributed by atoms with Gasteiger partial charge in [0.15, 0.2) is 5.78 Å². The van der Waals surface area contributed by atoms with Crippen molar-refractivity contribution in [2.24, 2.45) is 0 Å². The van der Waals surface area contributed by atoms with Crippen molar-refractivity contribution in [3.05, 3.63) is 34.9 Å². The minimum atomic E-state index is 0.208. The van der Waals surface area contributed by atoms with Gasteiger partial charge in [-0.2, -0.15) is 0 Å². The zero-order valence-corrected chi connectivity index (χ0v) is 11.2. The van der Waals surface area contributed by atoms with Gasteiger partial charge in [0.05, 0.1) is 0 Å². The molecule has 0 N–H and O–H groups in total. The summed E-state index contributed by atoms with van der Waals surface area (Å²) < 4.78 is 0. The summed E-state index contributed by atoms with van der Waals surface area (Å²) in [7, 11) is 0. The molecule has 14 heavy (non-hydrogen) atoms. The van der Waals surface area contributed by atoms with E-state index in [4.69, 9.17) is 0 Å². The molecule has 3 heteroatoms. The number of Topliss-reactive ketones (excluding diaryl/α,β-unsaturated/α-hetero) is 1. The predicted octanol–water partition coefficient (Wildman–Crippen LogP) is 3.86. The number of carbonyl (C=O) groups excluding carboxylic acids is 1. The van der Waals surface area contributed by atoms with Gasteiger partial charge in [-0.3, -0.25) is 4.79 Å². The van der Waals surface area contributed by atoms with Crippen LogP contribution in [0.2, 0.25) is 0 Å². The fraction of sp³-hybridized carbons (Fsp3) is 0.364. The smallest absolute Gasteiger partial charge is 0.164 e. The van der Waals surface area contributed by atoms with Crippen LogP contribution in [-0.4, -0.2) is 11.1 Å². The zero-order valence-electron chi connectivity index (χ0n) is 8.02. The molecule has 0 spiro atoms. The van der Waals surface area contributed by atoms with Crippen molar-refractivity contribution in [2.45, 2.75) is 18.7 Å². The molecule has 0 saturated heterocycles. The summed E-state index contributed by atoms with van der Waals surface area (Å²) in [6, 6.07) is 5.99. The third-order valence-electron chi connectivity index (χ3n) is 2.03. The van der Waals surface area contributed by atoms with Crippen LogP contribution in [0.4, 0.5) is 0 Å². The van der Waals surface area contributed by atoms with Gasteiger partial charge in [0.2, 0.25) is 0 Å². The Morgan fingerprint density at radius 3 is 2.64 bits per heavy atom. The van der Waals surface area contributed by atoms with Gasteiger partial charge in [-0.25, -0.2) is 0 Å². The zero-order chi connectivity index (χ0) is 10.6. The number of hydrogen-bond acceptors (Lipinski definition) is 1. The van der Waals surface area contributed by atoms with E-state index >= 15 is 0 Å². The SMILES string of the molecule is Cc1ccc(CBr)c(C(=O)CCBr)c1. The number of benzene rings is 1. The van der Waals surface area contributed by atoms with E-state index in [0.29, 0.717) is 6.42 Å². The Bertz CT molecular complexity index is 334. The Morgan fingerprint density at radius 1 is 1.36 bits per heavy atom. The molecule has 0 bridgehead atoms. The van der Waals surface area contributed by atoms with Crippen molar-refractivity contribution in [1.82, 2.24) is 0 Å². The Balaban J connectivity index is 3.03. The monoisotopic (exact) mass is 318 g/mol. The van der Waals surface area contributed by atoms with Crippen LogP contribution >= 0.6 is 31.9 Å². The minimum Gasteiger partial charge on any atom is -0.294 e. The highest BCUT2D eigenvalue weighted by atomic mass is 79.9. The molecule has 0 atom stereocenters. The largest absolute Gasteiger partial charge is 0.294 e. The van der Waals surface area contributed by atoms with E-state index in [1.807, 2.05) is 25.1 Å². The molecular formula is C11H12Br2O. The summed E-state index contributed by atoms with van der Waals surface area (Å²) in [5.74, 6) is 0.208. The van der Waals surface area contributed by atoms with Crippen molar-refractivity contribution in [3.63, 3.8) is 0 Å². The first kappa shape index (κ1) is 11.9. The summed E-state index contributed by atoms with van der Waals surface area (Å²) in [6.07, 6.45) is 0.559. The molecule has 76 valence electrons. The highest BCUT2D eigenvalue weighted by molar-refractivity contribution is 9.09. The van der Waals surface area contributed by atoms with Crippen molar-refractivity contribution in [3.8, 4) is 0 Å². The van der Waals surface area contributed by atoms with Gasteiger partial charge in [-0.05, 0) is 18.6 Å². The van der Waals surface area contributed by atoms with Crippen molar-refractivity contribution in [1.29, 1.82) is 0 Å². The second-order valence-corrected chi connectivity index (χ2v) is 4.51. The van der Waals surface area contributed by atoms with Crippen LogP contribution in [0.15, 0.2) is 18.2 Å². The average Bonchev–Trinajstić information content (AvgIpc) is 2.18. The molecule has 1 aromatic carbocycles. The fourth-order valence-corrected chi connectivity index (χ4v) is 2.14. The fourth-order valence-electron chi connectivity index (χ4n) is 1.29. The van der Waals surface area contributed by atoms with Gasteiger partial charge in [0, 0.05) is 22.6 Å². The molecule has 0 fully saturated rings. The molecule has 1 aromatic rings. The van der Waals surface area contributed by atoms with E-state index in [1.165, 1.54) is 0 Å². The number of rotatable bonds is 4. The molecule has 1 rings (SSSR count). The molecule has 0 aliphatic heterocycles. The summed E-state index contributed by atoms with van der Waals surface area (Å²) >= 11 is 6.67. The Hall–Kier alpha value is -0.150. The van der Waals surface area contributed by atoms with Crippen LogP contribution in [0.1, 0.15) is 27.9 Å². The van der Waals surface area contributed by atoms with Crippen LogP contribution in [0, 0.1) is 6.92 Å². The lowest BCUT2D eigenvalue weighted by molar-refractivity contribution is 0.0989. The third kappa shape index (κ3) is 2.92. The molecule has 0 aliphatic carbocycles. The van der Waals surface area contributed by atoms with Crippen LogP contribution in [0.3, 0.4) is 0 Å². The van der Waals surface area contributed by atoms with Crippen LogP contribution in [0.25, 0.3) is 0 Å². The van der Waals surface area contributed by atoms with E-state index in [9.17, 15) is 4.79 Å². The van der Waals surface area contributed by atoms with Crippen molar-refractivity contribution in [2.75, 3.05) is 5.33 Å². The van der Waals surface area contributed by atoms with E-state index in [1.54, 1.807) is 0 Å². The number of hydrogen-bond donors (Lipinski definition) is 0. The Labute approximate surface area is 101 Å². The van der Waals surface area contributed by atoms with E-state index < -0.39 is 0 Å². The summed E-state index contributed by atoms with van der Waals surface area (Å²) in [5.41, 5.74) is 3.05. The first-order chi connectivity index (χ1) is 6.69. The molecule has 0 saturated carbocycles. The standard InChI is InChI=1S/C11H12Br2O/c1-8-2-3-9(7-13)10(6-8)11(14)4-5-12/h2-3,6H,4-5,7H2,1H3. The van der Waals surface area contributed by atoms with Crippen molar-refractivity contribution >= 4 is 37.6 Å². The molecule has 1 nitrogen and oxygen atoms in total. The second-order valence-electron chi connectivity index (χ2n) is 3.16. The summed E-state index contributed by atoms with van der Waals surface area (Å²) in [4.78, 5) is 11.7. The summed E-state index contributed by atoms with van der Waals surface area (Å²) in [6.45, 7) is 2.00. The Kier molecular flexibility index (Phi) is 4.82. The Morgan fingerprint density at radius 2 is 2.07 bits per heavy atom. The quantitative estimate of drug-likeness (QED) is 0.608. The molecule has 0 radical (unpaired) electrons. The van der Waals surface area contributed by atoms with Gasteiger partial charge in [0.1, 0.15) is 0 Å². The maximum atomic E-state index is 11.7. The molecule has 0 amide bonds. The number of alkyl halides is 2. The normalized spacial score (nSPS) is 10.2. The minimum absolute atomic E-state index is 0.208. The second kappa shape index (κ2) is 5.66. The van der Waals surface area contributed by atoms with Crippen LogP contribution in [-0.2, 0) is 5.33 Å². The van der Waals surface area contributed by atoms with Crippen LogP contribution < -0.4 is 0 Å². The molecular weight excluding hydrogens is 308 g/mol. The van der Waals surface area contributed by atoms with E-state index in [2.05, 4.69) is 31.9 Å². The first-order valence-electron chi connectivity index (χ1n) is 4.43. The number of carbonyl (C=O) groups is 1. The molecule has 0 heterocycles. The highest BCUT2D eigenvalue weighted by Crippen LogP contribution is 2.17. The lowest BCUT2D eigenvalue weighted by Gasteiger charge is -2.06. The molecule has 0 unspecified atom stereocenters.